The van der Waals surface area contributed by atoms with Gasteiger partial charge in [-0.25, -0.2) is 16.8 Å². The first-order valence-electron chi connectivity index (χ1n) is 8.65. The van der Waals surface area contributed by atoms with Crippen LogP contribution < -0.4 is 9.44 Å². The zero-order valence-corrected chi connectivity index (χ0v) is 18.3. The van der Waals surface area contributed by atoms with E-state index in [-0.39, 0.29) is 31.9 Å². The third-order valence-electron chi connectivity index (χ3n) is 4.22. The average molecular weight is 482 g/mol. The van der Waals surface area contributed by atoms with Crippen LogP contribution in [0, 0.1) is 17.0 Å². The summed E-state index contributed by atoms with van der Waals surface area (Å²) in [7, 11) is -8.08. The van der Waals surface area contributed by atoms with Gasteiger partial charge >= 0.3 is 0 Å². The Labute approximate surface area is 183 Å². The highest BCUT2D eigenvalue weighted by atomic mass is 35.5. The predicted octanol–water partition coefficient (Wildman–Crippen LogP) is 4.16. The fraction of sp³-hybridized carbons (Fsp3) is 0.0526. The lowest BCUT2D eigenvalue weighted by Crippen LogP contribution is -2.15. The van der Waals surface area contributed by atoms with Crippen molar-refractivity contribution in [2.24, 2.45) is 0 Å². The summed E-state index contributed by atoms with van der Waals surface area (Å²) in [5.74, 6) is 0. The molecule has 0 saturated heterocycles. The highest BCUT2D eigenvalue weighted by Crippen LogP contribution is 2.26. The van der Waals surface area contributed by atoms with Crippen LogP contribution in [0.1, 0.15) is 5.56 Å². The Morgan fingerprint density at radius 1 is 0.839 bits per heavy atom. The Morgan fingerprint density at radius 2 is 1.42 bits per heavy atom. The number of nitrogens with one attached hydrogen (secondary N) is 2. The Balaban J connectivity index is 1.82. The average Bonchev–Trinajstić information content (AvgIpc) is 2.69. The molecule has 0 aliphatic carbocycles. The highest BCUT2D eigenvalue weighted by Gasteiger charge is 2.21. The van der Waals surface area contributed by atoms with Crippen LogP contribution in [0.3, 0.4) is 0 Å². The fourth-order valence-electron chi connectivity index (χ4n) is 2.62. The summed E-state index contributed by atoms with van der Waals surface area (Å²) in [5.41, 5.74) is 0.286. The van der Waals surface area contributed by atoms with Crippen LogP contribution >= 0.6 is 11.6 Å². The minimum Gasteiger partial charge on any atom is -0.280 e. The van der Waals surface area contributed by atoms with Crippen LogP contribution in [0.15, 0.2) is 76.5 Å². The molecule has 2 N–H and O–H groups in total. The van der Waals surface area contributed by atoms with Gasteiger partial charge in [0.2, 0.25) is 0 Å². The molecular formula is C19H16ClN3O6S2. The fourth-order valence-corrected chi connectivity index (χ4v) is 5.01. The summed E-state index contributed by atoms with van der Waals surface area (Å²) in [6.07, 6.45) is 0. The van der Waals surface area contributed by atoms with Crippen molar-refractivity contribution in [3.05, 3.63) is 87.4 Å². The summed E-state index contributed by atoms with van der Waals surface area (Å²) in [5, 5.41) is 11.3. The molecule has 3 aromatic carbocycles. The van der Waals surface area contributed by atoms with Crippen LogP contribution in [0.5, 0.6) is 0 Å². The van der Waals surface area contributed by atoms with Crippen LogP contribution in [0.25, 0.3) is 0 Å². The van der Waals surface area contributed by atoms with Crippen LogP contribution in [0.4, 0.5) is 17.1 Å². The molecule has 0 radical (unpaired) electrons. The third-order valence-corrected chi connectivity index (χ3v) is 7.31. The van der Waals surface area contributed by atoms with Gasteiger partial charge in [0.1, 0.15) is 0 Å². The van der Waals surface area contributed by atoms with Gasteiger partial charge in [-0.3, -0.25) is 19.6 Å². The van der Waals surface area contributed by atoms with E-state index >= 15 is 0 Å². The minimum atomic E-state index is -4.13. The van der Waals surface area contributed by atoms with E-state index in [2.05, 4.69) is 9.44 Å². The van der Waals surface area contributed by atoms with E-state index in [1.807, 2.05) is 0 Å². The maximum absolute atomic E-state index is 12.6. The summed E-state index contributed by atoms with van der Waals surface area (Å²) in [4.78, 5) is 10.00. The standard InChI is InChI=1S/C19H16ClN3O6S2/c1-13-6-9-16(12-19(13)23(24)25)31(28,29)21-14-7-10-15(11-8-14)30(26,27)22-18-5-3-2-4-17(18)20/h2-12,21-22H,1H3. The number of nitro groups is 1. The van der Waals surface area contributed by atoms with Crippen molar-refractivity contribution in [1.29, 1.82) is 0 Å². The Kier molecular flexibility index (Phi) is 6.20. The SMILES string of the molecule is Cc1ccc(S(=O)(=O)Nc2ccc(S(=O)(=O)Nc3ccccc3Cl)cc2)cc1[N+](=O)[O-]. The summed E-state index contributed by atoms with van der Waals surface area (Å²) < 4.78 is 54.8. The monoisotopic (exact) mass is 481 g/mol. The number of halogens is 1. The van der Waals surface area contributed by atoms with Crippen LogP contribution in [-0.4, -0.2) is 21.8 Å². The number of sulfonamides is 2. The summed E-state index contributed by atoms with van der Waals surface area (Å²) >= 11 is 5.97. The summed E-state index contributed by atoms with van der Waals surface area (Å²) in [6.45, 7) is 1.50. The molecule has 0 fully saturated rings. The Hall–Kier alpha value is -3.15. The van der Waals surface area contributed by atoms with Crippen molar-refractivity contribution in [3.63, 3.8) is 0 Å². The van der Waals surface area contributed by atoms with Gasteiger partial charge in [0.15, 0.2) is 0 Å². The molecular weight excluding hydrogens is 466 g/mol. The molecule has 0 aliphatic rings. The Bertz CT molecular complexity index is 1360. The molecule has 0 saturated carbocycles. The van der Waals surface area contributed by atoms with Crippen LogP contribution in [0.2, 0.25) is 5.02 Å². The van der Waals surface area contributed by atoms with Gasteiger partial charge in [0.25, 0.3) is 25.7 Å². The van der Waals surface area contributed by atoms with Gasteiger partial charge < -0.3 is 0 Å². The van der Waals surface area contributed by atoms with E-state index in [0.29, 0.717) is 5.56 Å². The lowest BCUT2D eigenvalue weighted by molar-refractivity contribution is -0.385. The van der Waals surface area contributed by atoms with Gasteiger partial charge in [-0.2, -0.15) is 0 Å². The van der Waals surface area contributed by atoms with Gasteiger partial charge in [-0.15, -0.1) is 0 Å². The minimum absolute atomic E-state index is 0.0833. The van der Waals surface area contributed by atoms with Gasteiger partial charge in [0, 0.05) is 17.3 Å². The Morgan fingerprint density at radius 3 is 2.03 bits per heavy atom. The predicted molar refractivity (Wildman–Crippen MR) is 117 cm³/mol. The quantitative estimate of drug-likeness (QED) is 0.384. The molecule has 31 heavy (non-hydrogen) atoms. The molecule has 0 aliphatic heterocycles. The summed E-state index contributed by atoms with van der Waals surface area (Å²) in [6, 6.07) is 14.8. The van der Waals surface area contributed by atoms with Crippen molar-refractivity contribution in [3.8, 4) is 0 Å². The second kappa shape index (κ2) is 8.53. The lowest BCUT2D eigenvalue weighted by Gasteiger charge is -2.11. The topological polar surface area (TPSA) is 135 Å². The molecule has 0 amide bonds. The maximum atomic E-state index is 12.6. The first-order chi connectivity index (χ1) is 14.5. The van der Waals surface area contributed by atoms with E-state index < -0.39 is 25.0 Å². The molecule has 3 rings (SSSR count). The second-order valence-corrected chi connectivity index (χ2v) is 10.2. The van der Waals surface area contributed by atoms with Crippen molar-refractivity contribution in [2.45, 2.75) is 16.7 Å². The van der Waals surface area contributed by atoms with E-state index in [0.717, 1.165) is 6.07 Å². The number of hydrogen-bond acceptors (Lipinski definition) is 6. The van der Waals surface area contributed by atoms with E-state index in [4.69, 9.17) is 11.6 Å². The number of benzene rings is 3. The highest BCUT2D eigenvalue weighted by molar-refractivity contribution is 7.93. The first-order valence-corrected chi connectivity index (χ1v) is 12.0. The number of nitro benzene ring substituents is 1. The number of hydrogen-bond donors (Lipinski definition) is 2. The molecule has 3 aromatic rings. The largest absolute Gasteiger partial charge is 0.280 e. The molecule has 0 aromatic heterocycles. The second-order valence-electron chi connectivity index (χ2n) is 6.42. The molecule has 0 spiro atoms. The third kappa shape index (κ3) is 5.13. The van der Waals surface area contributed by atoms with E-state index in [1.54, 1.807) is 12.1 Å². The lowest BCUT2D eigenvalue weighted by atomic mass is 10.2. The number of aryl methyl sites for hydroxylation is 1. The normalized spacial score (nSPS) is 11.7. The number of nitrogens with zero attached hydrogens (tertiary/aromatic N) is 1. The number of anilines is 2. The molecule has 0 atom stereocenters. The smallest absolute Gasteiger partial charge is 0.273 e. The maximum Gasteiger partial charge on any atom is 0.273 e. The van der Waals surface area contributed by atoms with Crippen molar-refractivity contribution in [2.75, 3.05) is 9.44 Å². The van der Waals surface area contributed by atoms with Gasteiger partial charge in [0.05, 0.1) is 25.4 Å². The molecule has 0 bridgehead atoms. The first kappa shape index (κ1) is 22.5. The zero-order valence-electron chi connectivity index (χ0n) is 15.9. The van der Waals surface area contributed by atoms with Gasteiger partial charge in [-0.1, -0.05) is 29.8 Å². The number of para-hydroxylation sites is 1. The van der Waals surface area contributed by atoms with Crippen molar-refractivity contribution in [1.82, 2.24) is 0 Å². The number of rotatable bonds is 7. The van der Waals surface area contributed by atoms with Crippen molar-refractivity contribution < 1.29 is 21.8 Å². The van der Waals surface area contributed by atoms with Crippen molar-refractivity contribution >= 4 is 48.7 Å². The van der Waals surface area contributed by atoms with E-state index in [9.17, 15) is 26.9 Å². The molecule has 9 nitrogen and oxygen atoms in total. The zero-order chi connectivity index (χ0) is 22.8. The van der Waals surface area contributed by atoms with Gasteiger partial charge in [-0.05, 0) is 49.4 Å². The van der Waals surface area contributed by atoms with E-state index in [1.165, 1.54) is 55.5 Å². The molecule has 0 unspecified atom stereocenters. The molecule has 162 valence electrons. The molecule has 12 heteroatoms. The van der Waals surface area contributed by atoms with Crippen LogP contribution in [-0.2, 0) is 20.0 Å². The molecule has 0 heterocycles.